The molecule has 1 aromatic rings. The van der Waals surface area contributed by atoms with Crippen molar-refractivity contribution in [1.82, 2.24) is 5.32 Å². The van der Waals surface area contributed by atoms with Crippen molar-refractivity contribution >= 4 is 39.8 Å². The number of halogens is 1. The summed E-state index contributed by atoms with van der Waals surface area (Å²) in [4.78, 5) is 11.8. The summed E-state index contributed by atoms with van der Waals surface area (Å²) in [6.07, 6.45) is 3.15. The summed E-state index contributed by atoms with van der Waals surface area (Å²) >= 11 is 3.80. The molecule has 0 radical (unpaired) electrons. The van der Waals surface area contributed by atoms with Crippen molar-refractivity contribution in [1.29, 1.82) is 0 Å². The molecule has 5 heteroatoms. The van der Waals surface area contributed by atoms with Crippen LogP contribution < -0.4 is 11.1 Å². The van der Waals surface area contributed by atoms with Gasteiger partial charge >= 0.3 is 0 Å². The summed E-state index contributed by atoms with van der Waals surface area (Å²) in [6.45, 7) is 0. The number of rotatable bonds is 2. The van der Waals surface area contributed by atoms with Gasteiger partial charge in [-0.1, -0.05) is 0 Å². The second-order valence-electron chi connectivity index (χ2n) is 3.81. The van der Waals surface area contributed by atoms with E-state index in [2.05, 4.69) is 27.9 Å². The third-order valence-electron chi connectivity index (χ3n) is 2.72. The molecule has 82 valence electrons. The van der Waals surface area contributed by atoms with Crippen LogP contribution in [-0.2, 0) is 0 Å². The predicted molar refractivity (Wildman–Crippen MR) is 70.1 cm³/mol. The van der Waals surface area contributed by atoms with Gasteiger partial charge < -0.3 is 11.1 Å². The molecule has 1 amide bonds. The normalized spacial score (nSPS) is 25.5. The minimum Gasteiger partial charge on any atom is -0.348 e. The molecule has 2 atom stereocenters. The van der Waals surface area contributed by atoms with Crippen LogP contribution in [0.25, 0.3) is 0 Å². The molecule has 0 spiro atoms. The number of hydrogen-bond acceptors (Lipinski definition) is 3. The first-order valence-corrected chi connectivity index (χ1v) is 6.93. The Bertz CT molecular complexity index is 366. The molecule has 3 nitrogen and oxygen atoms in total. The van der Waals surface area contributed by atoms with E-state index < -0.39 is 0 Å². The van der Waals surface area contributed by atoms with Gasteiger partial charge in [0.25, 0.3) is 5.91 Å². The van der Waals surface area contributed by atoms with Gasteiger partial charge in [0, 0.05) is 17.5 Å². The minimum atomic E-state index is 0.0107. The zero-order chi connectivity index (χ0) is 10.8. The van der Waals surface area contributed by atoms with Crippen molar-refractivity contribution in [3.8, 4) is 0 Å². The van der Waals surface area contributed by atoms with Crippen molar-refractivity contribution in [2.75, 3.05) is 0 Å². The van der Waals surface area contributed by atoms with E-state index in [0.29, 0.717) is 0 Å². The maximum atomic E-state index is 11.8. The summed E-state index contributed by atoms with van der Waals surface area (Å²) < 4.78 is 1.13. The molecule has 3 N–H and O–H groups in total. The molecule has 1 heterocycles. The maximum absolute atomic E-state index is 11.8. The zero-order valence-corrected chi connectivity index (χ0v) is 11.2. The van der Waals surface area contributed by atoms with Gasteiger partial charge in [-0.3, -0.25) is 4.79 Å². The fourth-order valence-corrected chi connectivity index (χ4v) is 3.18. The van der Waals surface area contributed by atoms with Crippen LogP contribution in [0.1, 0.15) is 29.6 Å². The first-order valence-electron chi connectivity index (χ1n) is 4.97. The topological polar surface area (TPSA) is 55.1 Å². The number of nitrogens with one attached hydrogen (secondary N) is 1. The van der Waals surface area contributed by atoms with E-state index in [4.69, 9.17) is 5.73 Å². The summed E-state index contributed by atoms with van der Waals surface area (Å²) in [5, 5.41) is 4.88. The lowest BCUT2D eigenvalue weighted by atomic mass is 10.2. The van der Waals surface area contributed by atoms with E-state index in [9.17, 15) is 4.79 Å². The van der Waals surface area contributed by atoms with Gasteiger partial charge in [-0.2, -0.15) is 0 Å². The van der Waals surface area contributed by atoms with Gasteiger partial charge in [-0.15, -0.1) is 11.3 Å². The fraction of sp³-hybridized carbons (Fsp3) is 0.500. The first kappa shape index (κ1) is 11.3. The predicted octanol–water partition coefficient (Wildman–Crippen LogP) is 1.96. The van der Waals surface area contributed by atoms with Crippen molar-refractivity contribution in [2.45, 2.75) is 31.3 Å². The number of carbonyl (C=O) groups excluding carboxylic acids is 1. The van der Waals surface area contributed by atoms with Gasteiger partial charge in [0.1, 0.15) is 0 Å². The quantitative estimate of drug-likeness (QED) is 0.812. The highest BCUT2D eigenvalue weighted by Crippen LogP contribution is 2.19. The highest BCUT2D eigenvalue weighted by Gasteiger charge is 2.25. The summed E-state index contributed by atoms with van der Waals surface area (Å²) in [5.74, 6) is 0.0107. The van der Waals surface area contributed by atoms with Crippen molar-refractivity contribution in [3.05, 3.63) is 19.9 Å². The first-order chi connectivity index (χ1) is 7.16. The van der Waals surface area contributed by atoms with Crippen molar-refractivity contribution < 1.29 is 4.79 Å². The molecular weight excluding hydrogens is 323 g/mol. The zero-order valence-electron chi connectivity index (χ0n) is 8.20. The number of carbonyl (C=O) groups is 1. The molecular formula is C10H13IN2OS. The summed E-state index contributed by atoms with van der Waals surface area (Å²) in [7, 11) is 0. The largest absolute Gasteiger partial charge is 0.348 e. The van der Waals surface area contributed by atoms with Gasteiger partial charge in [-0.05, 0) is 47.9 Å². The average molecular weight is 336 g/mol. The fourth-order valence-electron chi connectivity index (χ4n) is 1.85. The second-order valence-corrected chi connectivity index (χ2v) is 6.62. The lowest BCUT2D eigenvalue weighted by molar-refractivity contribution is 0.0935. The Morgan fingerprint density at radius 2 is 2.40 bits per heavy atom. The number of hydrogen-bond donors (Lipinski definition) is 2. The Morgan fingerprint density at radius 3 is 2.93 bits per heavy atom. The van der Waals surface area contributed by atoms with Crippen LogP contribution in [0.2, 0.25) is 0 Å². The Labute approximate surface area is 107 Å². The lowest BCUT2D eigenvalue weighted by Gasteiger charge is -2.16. The lowest BCUT2D eigenvalue weighted by Crippen LogP contribution is -2.43. The van der Waals surface area contributed by atoms with Gasteiger partial charge in [-0.25, -0.2) is 0 Å². The van der Waals surface area contributed by atoms with Gasteiger partial charge in [0.05, 0.1) is 8.45 Å². The van der Waals surface area contributed by atoms with Crippen LogP contribution in [0.5, 0.6) is 0 Å². The van der Waals surface area contributed by atoms with Crippen LogP contribution in [0.3, 0.4) is 0 Å². The SMILES string of the molecule is NC1CCCC1NC(=O)c1csc(I)c1. The van der Waals surface area contributed by atoms with Crippen LogP contribution >= 0.6 is 33.9 Å². The van der Waals surface area contributed by atoms with Crippen LogP contribution in [-0.4, -0.2) is 18.0 Å². The van der Waals surface area contributed by atoms with Crippen molar-refractivity contribution in [2.24, 2.45) is 5.73 Å². The van der Waals surface area contributed by atoms with E-state index in [1.165, 1.54) is 0 Å². The molecule has 2 rings (SSSR count). The average Bonchev–Trinajstić information content (AvgIpc) is 2.77. The number of thiophene rings is 1. The highest BCUT2D eigenvalue weighted by molar-refractivity contribution is 14.1. The standard InChI is InChI=1S/C10H13IN2OS/c11-9-4-6(5-15-9)10(14)13-8-3-1-2-7(8)12/h4-5,7-8H,1-3,12H2,(H,13,14). The molecule has 1 aromatic heterocycles. The van der Waals surface area contributed by atoms with Crippen LogP contribution in [0, 0.1) is 2.88 Å². The number of amides is 1. The number of nitrogens with two attached hydrogens (primary N) is 1. The monoisotopic (exact) mass is 336 g/mol. The molecule has 1 aliphatic rings. The molecule has 0 aliphatic heterocycles. The molecule has 1 aliphatic carbocycles. The third-order valence-corrected chi connectivity index (χ3v) is 4.50. The van der Waals surface area contributed by atoms with Crippen molar-refractivity contribution in [3.63, 3.8) is 0 Å². The Morgan fingerprint density at radius 1 is 1.60 bits per heavy atom. The van der Waals surface area contributed by atoms with E-state index in [-0.39, 0.29) is 18.0 Å². The second kappa shape index (κ2) is 4.80. The summed E-state index contributed by atoms with van der Waals surface area (Å²) in [5.41, 5.74) is 6.65. The molecule has 0 saturated heterocycles. The van der Waals surface area contributed by atoms with Gasteiger partial charge in [0.2, 0.25) is 0 Å². The third kappa shape index (κ3) is 2.70. The molecule has 2 unspecified atom stereocenters. The van der Waals surface area contributed by atoms with E-state index >= 15 is 0 Å². The van der Waals surface area contributed by atoms with Crippen LogP contribution in [0.4, 0.5) is 0 Å². The maximum Gasteiger partial charge on any atom is 0.252 e. The molecule has 0 aromatic carbocycles. The molecule has 1 fully saturated rings. The summed E-state index contributed by atoms with van der Waals surface area (Å²) in [6, 6.07) is 2.20. The minimum absolute atomic E-state index is 0.0107. The Kier molecular flexibility index (Phi) is 3.63. The highest BCUT2D eigenvalue weighted by atomic mass is 127. The Hall–Kier alpha value is -0.140. The molecule has 15 heavy (non-hydrogen) atoms. The smallest absolute Gasteiger partial charge is 0.252 e. The van der Waals surface area contributed by atoms with Crippen LogP contribution in [0.15, 0.2) is 11.4 Å². The van der Waals surface area contributed by atoms with Gasteiger partial charge in [0.15, 0.2) is 0 Å². The Balaban J connectivity index is 1.97. The van der Waals surface area contributed by atoms with E-state index in [1.54, 1.807) is 11.3 Å². The molecule has 0 bridgehead atoms. The van der Waals surface area contributed by atoms with E-state index in [1.807, 2.05) is 11.4 Å². The molecule has 1 saturated carbocycles. The van der Waals surface area contributed by atoms with E-state index in [0.717, 1.165) is 27.7 Å².